The van der Waals surface area contributed by atoms with E-state index in [1.807, 2.05) is 38.1 Å². The lowest BCUT2D eigenvalue weighted by Crippen LogP contribution is -2.53. The quantitative estimate of drug-likeness (QED) is 0.557. The second-order valence-electron chi connectivity index (χ2n) is 11.4. The van der Waals surface area contributed by atoms with E-state index in [9.17, 15) is 14.4 Å². The van der Waals surface area contributed by atoms with Crippen molar-refractivity contribution in [2.45, 2.75) is 84.2 Å². The van der Waals surface area contributed by atoms with Crippen LogP contribution in [-0.2, 0) is 22.6 Å². The summed E-state index contributed by atoms with van der Waals surface area (Å²) in [4.78, 5) is 41.3. The van der Waals surface area contributed by atoms with Crippen molar-refractivity contribution >= 4 is 29.4 Å². The van der Waals surface area contributed by atoms with Crippen LogP contribution in [0.4, 0.5) is 4.79 Å². The van der Waals surface area contributed by atoms with E-state index in [1.54, 1.807) is 26.8 Å². The van der Waals surface area contributed by atoms with Crippen molar-refractivity contribution in [3.8, 4) is 16.9 Å². The Morgan fingerprint density at radius 1 is 1.08 bits per heavy atom. The van der Waals surface area contributed by atoms with Gasteiger partial charge >= 0.3 is 6.09 Å². The topological polar surface area (TPSA) is 84.9 Å². The number of fused-ring (bicyclic) bond motifs is 4. The number of benzene rings is 2. The lowest BCUT2D eigenvalue weighted by molar-refractivity contribution is -0.126. The third-order valence-electron chi connectivity index (χ3n) is 7.65. The molecule has 0 aromatic heterocycles. The first-order valence-corrected chi connectivity index (χ1v) is 13.2. The highest BCUT2D eigenvalue weighted by atomic mass is 35.5. The molecule has 37 heavy (non-hydrogen) atoms. The average Bonchev–Trinajstić information content (AvgIpc) is 3.13. The molecular weight excluding hydrogens is 492 g/mol. The summed E-state index contributed by atoms with van der Waals surface area (Å²) in [5, 5.41) is 3.61. The maximum atomic E-state index is 13.5. The number of amides is 2. The summed E-state index contributed by atoms with van der Waals surface area (Å²) in [6, 6.07) is 8.10. The molecule has 1 fully saturated rings. The van der Waals surface area contributed by atoms with Crippen LogP contribution in [0.15, 0.2) is 30.3 Å². The molecule has 4 atom stereocenters. The van der Waals surface area contributed by atoms with E-state index >= 15 is 0 Å². The van der Waals surface area contributed by atoms with Gasteiger partial charge in [0.05, 0.1) is 6.04 Å². The van der Waals surface area contributed by atoms with Crippen LogP contribution in [0.2, 0.25) is 5.02 Å². The van der Waals surface area contributed by atoms with Crippen LogP contribution < -0.4 is 10.1 Å². The van der Waals surface area contributed by atoms with E-state index in [1.165, 1.54) is 4.90 Å². The van der Waals surface area contributed by atoms with Crippen LogP contribution in [-0.4, -0.2) is 46.4 Å². The Labute approximate surface area is 222 Å². The van der Waals surface area contributed by atoms with E-state index in [0.717, 1.165) is 22.3 Å². The Balaban J connectivity index is 1.35. The zero-order valence-corrected chi connectivity index (χ0v) is 22.6. The van der Waals surface area contributed by atoms with Crippen LogP contribution in [0, 0.1) is 5.92 Å². The molecule has 196 valence electrons. The molecule has 1 N–H and O–H groups in total. The predicted molar refractivity (Wildman–Crippen MR) is 141 cm³/mol. The second kappa shape index (κ2) is 9.35. The van der Waals surface area contributed by atoms with Gasteiger partial charge in [0.2, 0.25) is 5.91 Å². The minimum absolute atomic E-state index is 0.132. The van der Waals surface area contributed by atoms with Gasteiger partial charge in [0.25, 0.3) is 0 Å². The molecule has 2 aromatic carbocycles. The average molecular weight is 525 g/mol. The largest absolute Gasteiger partial charge is 0.488 e. The van der Waals surface area contributed by atoms with E-state index in [4.69, 9.17) is 21.1 Å². The summed E-state index contributed by atoms with van der Waals surface area (Å²) in [5.41, 5.74) is 3.88. The number of ether oxygens (including phenoxy) is 2. The molecule has 2 aliphatic heterocycles. The van der Waals surface area contributed by atoms with Crippen LogP contribution in [0.5, 0.6) is 5.75 Å². The molecule has 1 saturated heterocycles. The fourth-order valence-corrected chi connectivity index (χ4v) is 5.77. The number of carbonyl (C=O) groups is 3. The first kappa shape index (κ1) is 25.6. The Kier molecular flexibility index (Phi) is 6.47. The van der Waals surface area contributed by atoms with E-state index in [2.05, 4.69) is 5.32 Å². The third-order valence-corrected chi connectivity index (χ3v) is 7.88. The van der Waals surface area contributed by atoms with Gasteiger partial charge in [-0.05, 0) is 93.8 Å². The summed E-state index contributed by atoms with van der Waals surface area (Å²) in [7, 11) is 0. The molecule has 0 spiro atoms. The maximum Gasteiger partial charge on any atom is 0.411 e. The standard InChI is InChI=1S/C29H33ClN2O5/c1-15-10-24(32(16(15)2)28(35)37-29(3,4)5)27(34)31-23-9-6-17-12-22-20-8-7-19(30)11-18(20)14-36-25(22)13-21(17)26(23)33/h7-8,11-13,15-16,23-24H,6,9-10,14H2,1-5H3,(H,31,34)/t15-,16-,23?,24?/m1/s1. The van der Waals surface area contributed by atoms with Gasteiger partial charge in [-0.25, -0.2) is 4.79 Å². The smallest absolute Gasteiger partial charge is 0.411 e. The zero-order valence-electron chi connectivity index (χ0n) is 21.9. The second-order valence-corrected chi connectivity index (χ2v) is 11.9. The molecule has 3 aliphatic rings. The fraction of sp³-hybridized carbons (Fsp3) is 0.483. The van der Waals surface area contributed by atoms with Crippen LogP contribution >= 0.6 is 11.6 Å². The highest BCUT2D eigenvalue weighted by Crippen LogP contribution is 2.41. The Hall–Kier alpha value is -3.06. The van der Waals surface area contributed by atoms with Gasteiger partial charge in [-0.15, -0.1) is 0 Å². The molecule has 0 saturated carbocycles. The summed E-state index contributed by atoms with van der Waals surface area (Å²) in [6.07, 6.45) is 1.16. The summed E-state index contributed by atoms with van der Waals surface area (Å²) >= 11 is 6.15. The Morgan fingerprint density at radius 3 is 2.57 bits per heavy atom. The molecule has 0 radical (unpaired) electrons. The highest BCUT2D eigenvalue weighted by Gasteiger charge is 2.45. The van der Waals surface area contributed by atoms with E-state index in [0.29, 0.717) is 42.2 Å². The molecule has 5 rings (SSSR count). The zero-order chi connectivity index (χ0) is 26.6. The van der Waals surface area contributed by atoms with E-state index < -0.39 is 23.8 Å². The maximum absolute atomic E-state index is 13.5. The molecule has 7 nitrogen and oxygen atoms in total. The molecule has 2 aromatic rings. The van der Waals surface area contributed by atoms with Crippen molar-refractivity contribution in [1.82, 2.24) is 10.2 Å². The summed E-state index contributed by atoms with van der Waals surface area (Å²) in [6.45, 7) is 9.75. The number of nitrogens with one attached hydrogen (secondary N) is 1. The van der Waals surface area contributed by atoms with Gasteiger partial charge < -0.3 is 14.8 Å². The van der Waals surface area contributed by atoms with Gasteiger partial charge in [0.1, 0.15) is 24.0 Å². The van der Waals surface area contributed by atoms with Gasteiger partial charge in [-0.2, -0.15) is 0 Å². The van der Waals surface area contributed by atoms with Gasteiger partial charge in [0, 0.05) is 22.2 Å². The first-order valence-electron chi connectivity index (χ1n) is 12.9. The van der Waals surface area contributed by atoms with Crippen LogP contribution in [0.25, 0.3) is 11.1 Å². The lowest BCUT2D eigenvalue weighted by atomic mass is 9.83. The number of hydrogen-bond donors (Lipinski definition) is 1. The number of aryl methyl sites for hydroxylation is 1. The lowest BCUT2D eigenvalue weighted by Gasteiger charge is -2.32. The van der Waals surface area contributed by atoms with Crippen molar-refractivity contribution in [2.75, 3.05) is 0 Å². The van der Waals surface area contributed by atoms with Crippen molar-refractivity contribution in [1.29, 1.82) is 0 Å². The number of ketones is 1. The Morgan fingerprint density at radius 2 is 1.84 bits per heavy atom. The number of rotatable bonds is 2. The number of carbonyl (C=O) groups excluding carboxylic acids is 3. The number of hydrogen-bond acceptors (Lipinski definition) is 5. The molecule has 2 heterocycles. The van der Waals surface area contributed by atoms with E-state index in [-0.39, 0.29) is 23.7 Å². The minimum atomic E-state index is -0.677. The number of likely N-dealkylation sites (tertiary alicyclic amines) is 1. The Bertz CT molecular complexity index is 1280. The first-order chi connectivity index (χ1) is 17.4. The highest BCUT2D eigenvalue weighted by molar-refractivity contribution is 6.30. The normalized spacial score (nSPS) is 24.5. The molecular formula is C29H33ClN2O5. The summed E-state index contributed by atoms with van der Waals surface area (Å²) in [5.74, 6) is 0.339. The molecule has 2 amide bonds. The molecule has 2 unspecified atom stereocenters. The van der Waals surface area contributed by atoms with Gasteiger partial charge in [-0.1, -0.05) is 24.6 Å². The number of Topliss-reactive ketones (excluding diaryl/α,β-unsaturated/α-hetero) is 1. The van der Waals surface area contributed by atoms with Crippen LogP contribution in [0.1, 0.15) is 68.9 Å². The van der Waals surface area contributed by atoms with Crippen LogP contribution in [0.3, 0.4) is 0 Å². The van der Waals surface area contributed by atoms with Crippen molar-refractivity contribution in [3.05, 3.63) is 52.0 Å². The SMILES string of the molecule is C[C@@H]1CC(C(=O)NC2CCc3cc4c(cc3C2=O)OCc2cc(Cl)ccc2-4)N(C(=O)OC(C)(C)C)[C@@H]1C. The monoisotopic (exact) mass is 524 g/mol. The fourth-order valence-electron chi connectivity index (χ4n) is 5.58. The van der Waals surface area contributed by atoms with Gasteiger partial charge in [-0.3, -0.25) is 14.5 Å². The van der Waals surface area contributed by atoms with Crippen molar-refractivity contribution < 1.29 is 23.9 Å². The number of nitrogens with zero attached hydrogens (tertiary/aromatic N) is 1. The minimum Gasteiger partial charge on any atom is -0.488 e. The van der Waals surface area contributed by atoms with Crippen molar-refractivity contribution in [2.24, 2.45) is 5.92 Å². The molecule has 1 aliphatic carbocycles. The molecule has 8 heteroatoms. The third kappa shape index (κ3) is 4.81. The summed E-state index contributed by atoms with van der Waals surface area (Å²) < 4.78 is 11.5. The van der Waals surface area contributed by atoms with Crippen molar-refractivity contribution in [3.63, 3.8) is 0 Å². The predicted octanol–water partition coefficient (Wildman–Crippen LogP) is 5.55. The molecule has 0 bridgehead atoms. The van der Waals surface area contributed by atoms with Gasteiger partial charge in [0.15, 0.2) is 5.78 Å². The number of halogens is 1.